The van der Waals surface area contributed by atoms with Crippen molar-refractivity contribution >= 4 is 29.3 Å². The number of rotatable bonds is 0. The van der Waals surface area contributed by atoms with E-state index in [1.165, 1.54) is 0 Å². The molecule has 96 valence electrons. The molecular weight excluding hydrogens is 327 g/mol. The Balaban J connectivity index is -0.0000000150. The van der Waals surface area contributed by atoms with E-state index in [0.29, 0.717) is 0 Å². The van der Waals surface area contributed by atoms with Crippen LogP contribution in [0.25, 0.3) is 0 Å². The van der Waals surface area contributed by atoms with Crippen LogP contribution in [0.15, 0.2) is 0 Å². The Morgan fingerprint density at radius 3 is 0.450 bits per heavy atom. The third-order valence-electron chi connectivity index (χ3n) is 0. The Bertz CT molecular complexity index is 70.4. The molecule has 0 bridgehead atoms. The largest absolute Gasteiger partial charge is 1.00 e. The molecule has 0 aromatic rings. The molecule has 0 fully saturated rings. The predicted molar refractivity (Wildman–Crippen MR) is 40.8 cm³/mol. The van der Waals surface area contributed by atoms with Crippen LogP contribution in [-0.4, -0.2) is 69.5 Å². The molecule has 0 aromatic carbocycles. The smallest absolute Gasteiger partial charge is 0.907 e. The van der Waals surface area contributed by atoms with Crippen molar-refractivity contribution in [3.63, 3.8) is 0 Å². The fraction of sp³-hybridized carbons (Fsp3) is 0. The van der Waals surface area contributed by atoms with Gasteiger partial charge in [-0.3, -0.25) is 7.32 Å². The van der Waals surface area contributed by atoms with Gasteiger partial charge in [-0.15, -0.1) is 0 Å². The average molecular weight is 335 g/mol. The zero-order valence-corrected chi connectivity index (χ0v) is 19.5. The predicted octanol–water partition coefficient (Wildman–Crippen LogP) is -22.7. The van der Waals surface area contributed by atoms with Crippen LogP contribution >= 0.6 is 0 Å². The van der Waals surface area contributed by atoms with Gasteiger partial charge >= 0.3 is 140 Å². The summed E-state index contributed by atoms with van der Waals surface area (Å²) in [5, 5.41) is 91.0. The van der Waals surface area contributed by atoms with Gasteiger partial charge in [-0.1, -0.05) is 0 Å². The van der Waals surface area contributed by atoms with Crippen LogP contribution in [0.2, 0.25) is 0 Å². The van der Waals surface area contributed by atoms with Crippen molar-refractivity contribution in [2.45, 2.75) is 0 Å². The molecule has 8 N–H and O–H groups in total. The van der Waals surface area contributed by atoms with Gasteiger partial charge in [-0.25, -0.2) is 0 Å². The van der Waals surface area contributed by atoms with Crippen LogP contribution in [0.1, 0.15) is 0 Å². The second kappa shape index (κ2) is 43.4. The minimum Gasteiger partial charge on any atom is -0.907 e. The maximum absolute atomic E-state index is 8.64. The number of hydrogen-bond acceptors (Lipinski definition) is 12. The van der Waals surface area contributed by atoms with Crippen LogP contribution in [0.4, 0.5) is 0 Å². The van der Waals surface area contributed by atoms with Crippen molar-refractivity contribution in [3.8, 4) is 0 Å². The van der Waals surface area contributed by atoms with Crippen LogP contribution in [0.5, 0.6) is 0 Å². The standard InChI is InChI=1S/2BH3O3.BH2O3.BO3.4Na/c4*2-1(3)4;;;;/h2*2-4H;2-3H;;;;;/q;;-1;-3;4*+1. The van der Waals surface area contributed by atoms with Gasteiger partial charge in [0.05, 0.1) is 0 Å². The van der Waals surface area contributed by atoms with Crippen molar-refractivity contribution < 1.29 is 179 Å². The molecule has 0 atom stereocenters. The van der Waals surface area contributed by atoms with E-state index >= 15 is 0 Å². The molecule has 20 heteroatoms. The fourth-order valence-electron chi connectivity index (χ4n) is 0. The van der Waals surface area contributed by atoms with E-state index in [-0.39, 0.29) is 118 Å². The van der Waals surface area contributed by atoms with Crippen LogP contribution < -0.4 is 138 Å². The second-order valence-corrected chi connectivity index (χ2v) is 1.31. The monoisotopic (exact) mass is 336 g/mol. The van der Waals surface area contributed by atoms with E-state index < -0.39 is 29.3 Å². The second-order valence-electron chi connectivity index (χ2n) is 1.31. The van der Waals surface area contributed by atoms with Crippen LogP contribution in [0.3, 0.4) is 0 Å². The van der Waals surface area contributed by atoms with Crippen molar-refractivity contribution in [2.24, 2.45) is 0 Å². The molecule has 0 amide bonds. The van der Waals surface area contributed by atoms with Gasteiger partial charge in [0.15, 0.2) is 0 Å². The molecule has 0 saturated carbocycles. The normalized spacial score (nSPS) is 5.40. The van der Waals surface area contributed by atoms with E-state index in [1.54, 1.807) is 0 Å². The van der Waals surface area contributed by atoms with Crippen LogP contribution in [0, 0.1) is 0 Å². The maximum Gasteiger partial charge on any atom is 1.00 e. The zero-order chi connectivity index (χ0) is 14.3. The van der Waals surface area contributed by atoms with Gasteiger partial charge in [-0.05, 0) is 0 Å². The third kappa shape index (κ3) is 658. The summed E-state index contributed by atoms with van der Waals surface area (Å²) >= 11 is 0. The molecule has 0 spiro atoms. The van der Waals surface area contributed by atoms with Gasteiger partial charge in [0.1, 0.15) is 0 Å². The van der Waals surface area contributed by atoms with Gasteiger partial charge in [-0.2, -0.15) is 0 Å². The third-order valence-corrected chi connectivity index (χ3v) is 0. The summed E-state index contributed by atoms with van der Waals surface area (Å²) < 4.78 is 0. The summed E-state index contributed by atoms with van der Waals surface area (Å²) in [5.41, 5.74) is 0. The first-order valence-corrected chi connectivity index (χ1v) is 3.01. The SMILES string of the molecule is OB(O)O.OB(O)O.[Na+].[Na+].[Na+].[Na+].[O-]B(O)O.[O-]B([O-])[O-]. The van der Waals surface area contributed by atoms with Crippen LogP contribution in [-0.2, 0) is 0 Å². The Morgan fingerprint density at radius 1 is 0.450 bits per heavy atom. The molecule has 0 aliphatic rings. The fourth-order valence-corrected chi connectivity index (χ4v) is 0. The summed E-state index contributed by atoms with van der Waals surface area (Å²) in [5.74, 6) is 0. The molecule has 0 saturated heterocycles. The van der Waals surface area contributed by atoms with E-state index in [0.717, 1.165) is 0 Å². The van der Waals surface area contributed by atoms with Gasteiger partial charge in [0.2, 0.25) is 0 Å². The molecule has 0 aliphatic heterocycles. The molecule has 0 rings (SSSR count). The minimum atomic E-state index is -2.92. The molecule has 20 heavy (non-hydrogen) atoms. The Labute approximate surface area is 204 Å². The van der Waals surface area contributed by atoms with Crippen molar-refractivity contribution in [1.29, 1.82) is 0 Å². The Morgan fingerprint density at radius 2 is 0.450 bits per heavy atom. The van der Waals surface area contributed by atoms with Crippen molar-refractivity contribution in [2.75, 3.05) is 0 Å². The first kappa shape index (κ1) is 49.6. The van der Waals surface area contributed by atoms with Gasteiger partial charge in [0.25, 0.3) is 0 Å². The topological polar surface area (TPSA) is 254 Å². The van der Waals surface area contributed by atoms with Crippen molar-refractivity contribution in [1.82, 2.24) is 0 Å². The summed E-state index contributed by atoms with van der Waals surface area (Å²) in [7, 11) is -9.67. The Kier molecular flexibility index (Phi) is 108. The minimum absolute atomic E-state index is 0. The van der Waals surface area contributed by atoms with Gasteiger partial charge in [0, 0.05) is 0 Å². The summed E-state index contributed by atoms with van der Waals surface area (Å²) in [6, 6.07) is 0. The molecule has 12 nitrogen and oxygen atoms in total. The first-order valence-electron chi connectivity index (χ1n) is 3.01. The van der Waals surface area contributed by atoms with E-state index in [4.69, 9.17) is 60.3 Å². The van der Waals surface area contributed by atoms with E-state index in [1.807, 2.05) is 0 Å². The molecule has 0 radical (unpaired) electrons. The van der Waals surface area contributed by atoms with E-state index in [9.17, 15) is 0 Å². The first-order chi connectivity index (χ1) is 6.93. The summed E-state index contributed by atoms with van der Waals surface area (Å²) in [6.45, 7) is 0. The maximum atomic E-state index is 8.64. The molecule has 0 unspecified atom stereocenters. The molecule has 0 aliphatic carbocycles. The summed E-state index contributed by atoms with van der Waals surface area (Å²) in [6.07, 6.45) is 0. The summed E-state index contributed by atoms with van der Waals surface area (Å²) in [4.78, 5) is 0. The molecular formula is H8B4Na4O12. The molecule has 0 heterocycles. The van der Waals surface area contributed by atoms with Gasteiger partial charge < -0.3 is 60.3 Å². The molecule has 0 aromatic heterocycles. The Hall–Kier alpha value is 3.78. The average Bonchev–Trinajstić information content (AvgIpc) is 1.76. The van der Waals surface area contributed by atoms with Crippen molar-refractivity contribution in [3.05, 3.63) is 0 Å². The van der Waals surface area contributed by atoms with E-state index in [2.05, 4.69) is 0 Å². The number of hydrogen-bond donors (Lipinski definition) is 8. The quantitative estimate of drug-likeness (QED) is 0.192. The zero-order valence-electron chi connectivity index (χ0n) is 11.5.